The zero-order chi connectivity index (χ0) is 11.8. The van der Waals surface area contributed by atoms with Crippen LogP contribution < -0.4 is 5.32 Å². The maximum Gasteiger partial charge on any atom is 0.307 e. The number of nitrogens with zero attached hydrogens (tertiary/aromatic N) is 1. The number of carbonyl (C=O) groups excluding carboxylic acids is 2. The summed E-state index contributed by atoms with van der Waals surface area (Å²) >= 11 is 0. The van der Waals surface area contributed by atoms with Gasteiger partial charge in [0.05, 0.1) is 19.6 Å². The van der Waals surface area contributed by atoms with Crippen LogP contribution in [0.4, 0.5) is 0 Å². The van der Waals surface area contributed by atoms with E-state index < -0.39 is 0 Å². The minimum absolute atomic E-state index is 0.00125. The highest BCUT2D eigenvalue weighted by Gasteiger charge is 2.16. The molecule has 0 aromatic carbocycles. The molecule has 0 rings (SSSR count). The number of hydrogen-bond acceptors (Lipinski definition) is 4. The Morgan fingerprint density at radius 1 is 1.47 bits per heavy atom. The third kappa shape index (κ3) is 6.06. The lowest BCUT2D eigenvalue weighted by atomic mass is 10.2. The topological polar surface area (TPSA) is 58.6 Å². The molecule has 0 bridgehead atoms. The van der Waals surface area contributed by atoms with Crippen LogP contribution >= 0.6 is 0 Å². The largest absolute Gasteiger partial charge is 0.466 e. The summed E-state index contributed by atoms with van der Waals surface area (Å²) < 4.78 is 4.83. The van der Waals surface area contributed by atoms with E-state index in [1.165, 1.54) is 0 Å². The number of likely N-dealkylation sites (N-methyl/N-ethyl adjacent to an activating group) is 2. The summed E-state index contributed by atoms with van der Waals surface area (Å²) in [7, 11) is 3.39. The summed E-state index contributed by atoms with van der Waals surface area (Å²) in [6, 6.07) is 0.00125. The molecule has 0 aliphatic rings. The van der Waals surface area contributed by atoms with Crippen LogP contribution in [0.5, 0.6) is 0 Å². The molecule has 15 heavy (non-hydrogen) atoms. The predicted molar refractivity (Wildman–Crippen MR) is 57.4 cm³/mol. The van der Waals surface area contributed by atoms with Gasteiger partial charge in [0.15, 0.2) is 0 Å². The average molecular weight is 216 g/mol. The number of nitrogens with one attached hydrogen (secondary N) is 1. The zero-order valence-electron chi connectivity index (χ0n) is 9.87. The third-order valence-electron chi connectivity index (χ3n) is 2.19. The Hall–Kier alpha value is -1.10. The zero-order valence-corrected chi connectivity index (χ0v) is 9.87. The van der Waals surface area contributed by atoms with Gasteiger partial charge in [0, 0.05) is 13.1 Å². The Morgan fingerprint density at radius 2 is 2.07 bits per heavy atom. The molecule has 0 aliphatic carbocycles. The van der Waals surface area contributed by atoms with Crippen LogP contribution in [0, 0.1) is 0 Å². The molecule has 0 aromatic heterocycles. The molecule has 0 saturated carbocycles. The molecular formula is C10H20N2O3. The second-order valence-corrected chi connectivity index (χ2v) is 3.45. The minimum Gasteiger partial charge on any atom is -0.466 e. The van der Waals surface area contributed by atoms with Crippen molar-refractivity contribution in [2.24, 2.45) is 0 Å². The lowest BCUT2D eigenvalue weighted by molar-refractivity contribution is -0.144. The van der Waals surface area contributed by atoms with E-state index in [9.17, 15) is 9.59 Å². The molecule has 1 N–H and O–H groups in total. The van der Waals surface area contributed by atoms with Gasteiger partial charge in [-0.15, -0.1) is 0 Å². The number of rotatable bonds is 6. The summed E-state index contributed by atoms with van der Waals surface area (Å²) in [4.78, 5) is 24.0. The number of esters is 1. The average Bonchev–Trinajstić information content (AvgIpc) is 2.17. The molecule has 0 saturated heterocycles. The minimum atomic E-state index is -0.228. The van der Waals surface area contributed by atoms with Gasteiger partial charge in [-0.05, 0) is 20.9 Å². The molecule has 0 fully saturated rings. The molecule has 88 valence electrons. The van der Waals surface area contributed by atoms with Gasteiger partial charge < -0.3 is 10.1 Å². The molecule has 1 amide bonds. The second-order valence-electron chi connectivity index (χ2n) is 3.45. The lowest BCUT2D eigenvalue weighted by Crippen LogP contribution is -2.39. The maximum absolute atomic E-state index is 11.2. The first-order valence-electron chi connectivity index (χ1n) is 5.07. The van der Waals surface area contributed by atoms with Crippen molar-refractivity contribution in [2.45, 2.75) is 26.3 Å². The molecule has 0 aromatic rings. The smallest absolute Gasteiger partial charge is 0.307 e. The van der Waals surface area contributed by atoms with E-state index in [1.54, 1.807) is 21.0 Å². The highest BCUT2D eigenvalue weighted by Crippen LogP contribution is 2.02. The summed E-state index contributed by atoms with van der Waals surface area (Å²) in [5, 5.41) is 2.53. The van der Waals surface area contributed by atoms with Crippen molar-refractivity contribution >= 4 is 11.9 Å². The standard InChI is InChI=1S/C10H20N2O3/c1-5-15-10(14)6-8(2)12(4)7-9(13)11-3/h8H,5-7H2,1-4H3,(H,11,13). The first-order valence-corrected chi connectivity index (χ1v) is 5.07. The SMILES string of the molecule is CCOC(=O)CC(C)N(C)CC(=O)NC. The van der Waals surface area contributed by atoms with Crippen molar-refractivity contribution in [3.05, 3.63) is 0 Å². The van der Waals surface area contributed by atoms with E-state index in [2.05, 4.69) is 5.32 Å². The van der Waals surface area contributed by atoms with E-state index >= 15 is 0 Å². The van der Waals surface area contributed by atoms with Gasteiger partial charge >= 0.3 is 5.97 Å². The fraction of sp³-hybridized carbons (Fsp3) is 0.800. The Balaban J connectivity index is 3.92. The van der Waals surface area contributed by atoms with Crippen LogP contribution in [-0.4, -0.2) is 50.1 Å². The van der Waals surface area contributed by atoms with Gasteiger partial charge in [-0.25, -0.2) is 0 Å². The van der Waals surface area contributed by atoms with Crippen LogP contribution in [0.1, 0.15) is 20.3 Å². The first kappa shape index (κ1) is 13.9. The molecule has 0 aliphatic heterocycles. The Kier molecular flexibility index (Phi) is 6.70. The maximum atomic E-state index is 11.2. The van der Waals surface area contributed by atoms with Crippen LogP contribution in [-0.2, 0) is 14.3 Å². The molecule has 0 radical (unpaired) electrons. The highest BCUT2D eigenvalue weighted by molar-refractivity contribution is 5.77. The number of carbonyl (C=O) groups is 2. The fourth-order valence-electron chi connectivity index (χ4n) is 1.08. The number of hydrogen-bond donors (Lipinski definition) is 1. The van der Waals surface area contributed by atoms with Crippen LogP contribution in [0.25, 0.3) is 0 Å². The summed E-state index contributed by atoms with van der Waals surface area (Å²) in [5.74, 6) is -0.290. The fourth-order valence-corrected chi connectivity index (χ4v) is 1.08. The van der Waals surface area contributed by atoms with E-state index in [-0.39, 0.29) is 24.5 Å². The van der Waals surface area contributed by atoms with Crippen LogP contribution in [0.2, 0.25) is 0 Å². The predicted octanol–water partition coefficient (Wildman–Crippen LogP) is 0.00590. The van der Waals surface area contributed by atoms with Crippen LogP contribution in [0.3, 0.4) is 0 Å². The van der Waals surface area contributed by atoms with Crippen molar-refractivity contribution in [1.82, 2.24) is 10.2 Å². The molecule has 0 spiro atoms. The summed E-state index contributed by atoms with van der Waals surface area (Å²) in [5.41, 5.74) is 0. The number of amides is 1. The summed E-state index contributed by atoms with van der Waals surface area (Å²) in [6.45, 7) is 4.35. The van der Waals surface area contributed by atoms with Gasteiger partial charge in [0.1, 0.15) is 0 Å². The Morgan fingerprint density at radius 3 is 2.53 bits per heavy atom. The normalized spacial score (nSPS) is 12.3. The van der Waals surface area contributed by atoms with Crippen molar-refractivity contribution in [3.8, 4) is 0 Å². The highest BCUT2D eigenvalue weighted by atomic mass is 16.5. The third-order valence-corrected chi connectivity index (χ3v) is 2.19. The van der Waals surface area contributed by atoms with Crippen molar-refractivity contribution < 1.29 is 14.3 Å². The van der Waals surface area contributed by atoms with Crippen LogP contribution in [0.15, 0.2) is 0 Å². The lowest BCUT2D eigenvalue weighted by Gasteiger charge is -2.22. The second kappa shape index (κ2) is 7.23. The van der Waals surface area contributed by atoms with E-state index in [4.69, 9.17) is 4.74 Å². The van der Waals surface area contributed by atoms with Crippen molar-refractivity contribution in [2.75, 3.05) is 27.2 Å². The van der Waals surface area contributed by atoms with Crippen molar-refractivity contribution in [3.63, 3.8) is 0 Å². The molecular weight excluding hydrogens is 196 g/mol. The van der Waals surface area contributed by atoms with E-state index in [0.29, 0.717) is 13.0 Å². The first-order chi connectivity index (χ1) is 7.01. The molecule has 5 nitrogen and oxygen atoms in total. The Labute approximate surface area is 90.8 Å². The quantitative estimate of drug-likeness (QED) is 0.635. The summed E-state index contributed by atoms with van der Waals surface area (Å²) in [6.07, 6.45) is 0.307. The van der Waals surface area contributed by atoms with Gasteiger partial charge in [-0.1, -0.05) is 0 Å². The monoisotopic (exact) mass is 216 g/mol. The molecule has 1 unspecified atom stereocenters. The van der Waals surface area contributed by atoms with Gasteiger partial charge in [0.2, 0.25) is 5.91 Å². The van der Waals surface area contributed by atoms with Gasteiger partial charge in [-0.2, -0.15) is 0 Å². The van der Waals surface area contributed by atoms with E-state index in [0.717, 1.165) is 0 Å². The molecule has 1 atom stereocenters. The number of ether oxygens (including phenoxy) is 1. The van der Waals surface area contributed by atoms with Gasteiger partial charge in [0.25, 0.3) is 0 Å². The van der Waals surface area contributed by atoms with Gasteiger partial charge in [-0.3, -0.25) is 14.5 Å². The van der Waals surface area contributed by atoms with E-state index in [1.807, 2.05) is 11.8 Å². The molecule has 0 heterocycles. The van der Waals surface area contributed by atoms with Crippen molar-refractivity contribution in [1.29, 1.82) is 0 Å². The Bertz CT molecular complexity index is 219. The molecule has 5 heteroatoms.